The molecule has 0 aromatic heterocycles. The van der Waals surface area contributed by atoms with E-state index in [1.807, 2.05) is 13.0 Å². The molecule has 2 aliphatic rings. The summed E-state index contributed by atoms with van der Waals surface area (Å²) in [7, 11) is 0. The standard InChI is InChI=1S/C25H32FNO/c1-17-5-3-7-23-21(17)10-9-19(15-25(23)28)16-27-13-11-20(12-14-27)22-6-4-8-24(26)18(22)2/h3-8,19-20,25,28H,9-16H2,1-2H3. The third-order valence-corrected chi connectivity index (χ3v) is 7.02. The summed E-state index contributed by atoms with van der Waals surface area (Å²) in [5, 5.41) is 10.8. The molecule has 2 unspecified atom stereocenters. The van der Waals surface area contributed by atoms with Crippen LogP contribution in [0.25, 0.3) is 0 Å². The molecule has 3 heteroatoms. The fourth-order valence-corrected chi connectivity index (χ4v) is 5.31. The number of halogens is 1. The molecular formula is C25H32FNO. The van der Waals surface area contributed by atoms with Gasteiger partial charge in [0.2, 0.25) is 0 Å². The molecule has 2 atom stereocenters. The first-order chi connectivity index (χ1) is 13.5. The zero-order chi connectivity index (χ0) is 19.7. The van der Waals surface area contributed by atoms with Crippen LogP contribution in [0.4, 0.5) is 4.39 Å². The van der Waals surface area contributed by atoms with E-state index in [9.17, 15) is 9.50 Å². The second-order valence-corrected chi connectivity index (χ2v) is 8.83. The minimum Gasteiger partial charge on any atom is -0.388 e. The van der Waals surface area contributed by atoms with Crippen molar-refractivity contribution < 1.29 is 9.50 Å². The molecule has 0 saturated carbocycles. The normalized spacial score (nSPS) is 24.0. The fourth-order valence-electron chi connectivity index (χ4n) is 5.31. The lowest BCUT2D eigenvalue weighted by Crippen LogP contribution is -2.37. The highest BCUT2D eigenvalue weighted by Crippen LogP contribution is 2.35. The number of piperidine rings is 1. The van der Waals surface area contributed by atoms with E-state index < -0.39 is 0 Å². The Morgan fingerprint density at radius 3 is 2.50 bits per heavy atom. The monoisotopic (exact) mass is 381 g/mol. The number of likely N-dealkylation sites (tertiary alicyclic amines) is 1. The minimum atomic E-state index is -0.338. The molecule has 0 radical (unpaired) electrons. The first-order valence-electron chi connectivity index (χ1n) is 10.8. The molecule has 1 aliphatic carbocycles. The Hall–Kier alpha value is -1.71. The largest absolute Gasteiger partial charge is 0.388 e. The van der Waals surface area contributed by atoms with Crippen molar-refractivity contribution in [3.63, 3.8) is 0 Å². The second kappa shape index (κ2) is 8.34. The van der Waals surface area contributed by atoms with Gasteiger partial charge in [0.25, 0.3) is 0 Å². The SMILES string of the molecule is Cc1cccc2c1CCC(CN1CCC(c3cccc(F)c3C)CC1)CC2O. The van der Waals surface area contributed by atoms with Crippen molar-refractivity contribution in [1.29, 1.82) is 0 Å². The van der Waals surface area contributed by atoms with Crippen LogP contribution >= 0.6 is 0 Å². The van der Waals surface area contributed by atoms with Gasteiger partial charge in [-0.3, -0.25) is 0 Å². The van der Waals surface area contributed by atoms with E-state index in [1.54, 1.807) is 6.07 Å². The van der Waals surface area contributed by atoms with Crippen LogP contribution in [0.5, 0.6) is 0 Å². The maximum Gasteiger partial charge on any atom is 0.126 e. The number of aliphatic hydroxyl groups is 1. The van der Waals surface area contributed by atoms with Gasteiger partial charge in [-0.2, -0.15) is 0 Å². The van der Waals surface area contributed by atoms with Crippen molar-refractivity contribution in [2.75, 3.05) is 19.6 Å². The van der Waals surface area contributed by atoms with Crippen LogP contribution in [0.1, 0.15) is 65.5 Å². The van der Waals surface area contributed by atoms with Gasteiger partial charge in [-0.1, -0.05) is 30.3 Å². The minimum absolute atomic E-state index is 0.0813. The van der Waals surface area contributed by atoms with Gasteiger partial charge in [-0.25, -0.2) is 4.39 Å². The first-order valence-corrected chi connectivity index (χ1v) is 10.8. The third kappa shape index (κ3) is 4.01. The Morgan fingerprint density at radius 1 is 1.00 bits per heavy atom. The molecular weight excluding hydrogens is 349 g/mol. The molecule has 2 aromatic carbocycles. The Labute approximate surface area is 168 Å². The average Bonchev–Trinajstić information content (AvgIpc) is 2.85. The number of fused-ring (bicyclic) bond motifs is 1. The fraction of sp³-hybridized carbons (Fsp3) is 0.520. The van der Waals surface area contributed by atoms with Gasteiger partial charge < -0.3 is 10.0 Å². The Morgan fingerprint density at radius 2 is 1.71 bits per heavy atom. The Balaban J connectivity index is 1.35. The average molecular weight is 382 g/mol. The van der Waals surface area contributed by atoms with Gasteiger partial charge in [0.15, 0.2) is 0 Å². The molecule has 0 amide bonds. The molecule has 4 rings (SSSR count). The van der Waals surface area contributed by atoms with Crippen LogP contribution in [0.15, 0.2) is 36.4 Å². The van der Waals surface area contributed by atoms with Gasteiger partial charge in [-0.05, 0) is 105 Å². The van der Waals surface area contributed by atoms with Crippen molar-refractivity contribution in [1.82, 2.24) is 4.90 Å². The van der Waals surface area contributed by atoms with Crippen LogP contribution in [-0.2, 0) is 6.42 Å². The molecule has 2 aromatic rings. The van der Waals surface area contributed by atoms with Gasteiger partial charge in [0.1, 0.15) is 5.82 Å². The number of aliphatic hydroxyl groups excluding tert-OH is 1. The van der Waals surface area contributed by atoms with Gasteiger partial charge in [0.05, 0.1) is 6.10 Å². The van der Waals surface area contributed by atoms with Crippen molar-refractivity contribution >= 4 is 0 Å². The van der Waals surface area contributed by atoms with Gasteiger partial charge in [-0.15, -0.1) is 0 Å². The lowest BCUT2D eigenvalue weighted by atomic mass is 9.86. The van der Waals surface area contributed by atoms with E-state index in [1.165, 1.54) is 16.7 Å². The number of hydrogen-bond acceptors (Lipinski definition) is 2. The first kappa shape index (κ1) is 19.6. The predicted molar refractivity (Wildman–Crippen MR) is 112 cm³/mol. The molecule has 28 heavy (non-hydrogen) atoms. The maximum atomic E-state index is 13.9. The van der Waals surface area contributed by atoms with E-state index in [0.717, 1.165) is 62.9 Å². The van der Waals surface area contributed by atoms with Crippen LogP contribution in [-0.4, -0.2) is 29.6 Å². The summed E-state index contributed by atoms with van der Waals surface area (Å²) in [6.45, 7) is 7.27. The van der Waals surface area contributed by atoms with Crippen LogP contribution < -0.4 is 0 Å². The zero-order valence-corrected chi connectivity index (χ0v) is 17.1. The van der Waals surface area contributed by atoms with Crippen molar-refractivity contribution in [3.8, 4) is 0 Å². The molecule has 1 N–H and O–H groups in total. The summed E-state index contributed by atoms with van der Waals surface area (Å²) in [5.41, 5.74) is 5.82. The number of hydrogen-bond donors (Lipinski definition) is 1. The topological polar surface area (TPSA) is 23.5 Å². The van der Waals surface area contributed by atoms with Crippen molar-refractivity contribution in [2.45, 2.75) is 58.0 Å². The lowest BCUT2D eigenvalue weighted by molar-refractivity contribution is 0.117. The molecule has 1 fully saturated rings. The molecule has 1 aliphatic heterocycles. The highest BCUT2D eigenvalue weighted by Gasteiger charge is 2.28. The number of aryl methyl sites for hydroxylation is 1. The highest BCUT2D eigenvalue weighted by molar-refractivity contribution is 5.37. The maximum absolute atomic E-state index is 13.9. The number of rotatable bonds is 3. The lowest BCUT2D eigenvalue weighted by Gasteiger charge is -2.35. The summed E-state index contributed by atoms with van der Waals surface area (Å²) in [5.74, 6) is 0.926. The summed E-state index contributed by atoms with van der Waals surface area (Å²) in [4.78, 5) is 2.56. The smallest absolute Gasteiger partial charge is 0.126 e. The quantitative estimate of drug-likeness (QED) is 0.729. The molecule has 1 saturated heterocycles. The van der Waals surface area contributed by atoms with E-state index in [2.05, 4.69) is 36.1 Å². The number of benzene rings is 2. The Bertz CT molecular complexity index is 825. The van der Waals surface area contributed by atoms with E-state index in [4.69, 9.17) is 0 Å². The summed E-state index contributed by atoms with van der Waals surface area (Å²) >= 11 is 0. The van der Waals surface area contributed by atoms with Gasteiger partial charge >= 0.3 is 0 Å². The van der Waals surface area contributed by atoms with Crippen LogP contribution in [0.2, 0.25) is 0 Å². The molecule has 0 spiro atoms. The predicted octanol–water partition coefficient (Wildman–Crippen LogP) is 5.31. The summed E-state index contributed by atoms with van der Waals surface area (Å²) < 4.78 is 13.9. The van der Waals surface area contributed by atoms with Crippen molar-refractivity contribution in [3.05, 3.63) is 70.0 Å². The summed E-state index contributed by atoms with van der Waals surface area (Å²) in [6.07, 6.45) is 4.94. The third-order valence-electron chi connectivity index (χ3n) is 7.02. The van der Waals surface area contributed by atoms with Crippen molar-refractivity contribution in [2.24, 2.45) is 5.92 Å². The summed E-state index contributed by atoms with van der Waals surface area (Å²) in [6, 6.07) is 11.8. The zero-order valence-electron chi connectivity index (χ0n) is 17.1. The molecule has 1 heterocycles. The molecule has 2 nitrogen and oxygen atoms in total. The Kier molecular flexibility index (Phi) is 5.84. The van der Waals surface area contributed by atoms with E-state index in [-0.39, 0.29) is 11.9 Å². The van der Waals surface area contributed by atoms with Gasteiger partial charge in [0, 0.05) is 6.54 Å². The van der Waals surface area contributed by atoms with E-state index >= 15 is 0 Å². The van der Waals surface area contributed by atoms with Crippen LogP contribution in [0.3, 0.4) is 0 Å². The van der Waals surface area contributed by atoms with E-state index in [0.29, 0.717) is 11.8 Å². The highest BCUT2D eigenvalue weighted by atomic mass is 19.1. The molecule has 150 valence electrons. The number of nitrogens with zero attached hydrogens (tertiary/aromatic N) is 1. The second-order valence-electron chi connectivity index (χ2n) is 8.83. The van der Waals surface area contributed by atoms with Crippen LogP contribution in [0, 0.1) is 25.6 Å². The molecule has 0 bridgehead atoms.